The maximum absolute atomic E-state index is 5.88. The third-order valence-corrected chi connectivity index (χ3v) is 1.98. The van der Waals surface area contributed by atoms with E-state index >= 15 is 0 Å². The molecular weight excluding hydrogens is 190 g/mol. The van der Waals surface area contributed by atoms with Crippen molar-refractivity contribution < 1.29 is 0 Å². The van der Waals surface area contributed by atoms with E-state index in [-0.39, 0.29) is 0 Å². The Morgan fingerprint density at radius 2 is 2.00 bits per heavy atom. The van der Waals surface area contributed by atoms with Crippen LogP contribution in [0, 0.1) is 0 Å². The number of aromatic nitrogens is 2. The van der Waals surface area contributed by atoms with Crippen LogP contribution in [0.15, 0.2) is 42.9 Å². The summed E-state index contributed by atoms with van der Waals surface area (Å²) in [6.07, 6.45) is 4.86. The largest absolute Gasteiger partial charge is 0.396 e. The molecule has 4 N–H and O–H groups in total. The van der Waals surface area contributed by atoms with Crippen LogP contribution in [-0.2, 0) is 0 Å². The molecule has 0 aliphatic carbocycles. The third-order valence-electron chi connectivity index (χ3n) is 1.98. The topological polar surface area (TPSA) is 81.1 Å². The molecule has 0 aliphatic rings. The highest BCUT2D eigenvalue weighted by Crippen LogP contribution is 2.24. The van der Waals surface area contributed by atoms with E-state index in [0.29, 0.717) is 17.2 Å². The summed E-state index contributed by atoms with van der Waals surface area (Å²) in [5.41, 5.74) is 6.95. The summed E-state index contributed by atoms with van der Waals surface area (Å²) in [5.74, 6) is 6.51. The van der Waals surface area contributed by atoms with Gasteiger partial charge in [-0.1, -0.05) is 6.07 Å². The number of rotatable bonds is 2. The molecule has 2 rings (SSSR count). The number of nitrogen functional groups attached to an aromatic ring is 1. The van der Waals surface area contributed by atoms with Gasteiger partial charge >= 0.3 is 0 Å². The van der Waals surface area contributed by atoms with Crippen LogP contribution in [0.4, 0.5) is 17.2 Å². The fourth-order valence-corrected chi connectivity index (χ4v) is 1.24. The Balaban J connectivity index is 2.37. The Morgan fingerprint density at radius 3 is 2.67 bits per heavy atom. The minimum atomic E-state index is 0.519. The molecular formula is C10H11N5. The molecule has 0 atom stereocenters. The van der Waals surface area contributed by atoms with Crippen LogP contribution in [0.1, 0.15) is 0 Å². The molecule has 2 heterocycles. The lowest BCUT2D eigenvalue weighted by atomic mass is 10.3. The molecule has 0 radical (unpaired) electrons. The van der Waals surface area contributed by atoms with Crippen molar-refractivity contribution >= 4 is 17.2 Å². The molecule has 0 spiro atoms. The van der Waals surface area contributed by atoms with Crippen molar-refractivity contribution in [2.75, 3.05) is 10.7 Å². The number of anilines is 3. The summed E-state index contributed by atoms with van der Waals surface area (Å²) >= 11 is 0. The molecule has 0 fully saturated rings. The molecule has 2 aromatic rings. The van der Waals surface area contributed by atoms with Crippen LogP contribution in [0.2, 0.25) is 0 Å². The standard InChI is InChI=1S/C10H11N5/c11-8-7-13-6-4-9(8)15(12)10-3-1-2-5-14-10/h1-7H,11-12H2. The zero-order valence-electron chi connectivity index (χ0n) is 8.04. The van der Waals surface area contributed by atoms with Crippen molar-refractivity contribution in [3.05, 3.63) is 42.9 Å². The first kappa shape index (κ1) is 9.42. The molecule has 76 valence electrons. The van der Waals surface area contributed by atoms with Gasteiger partial charge in [-0.05, 0) is 18.2 Å². The minimum absolute atomic E-state index is 0.519. The smallest absolute Gasteiger partial charge is 0.147 e. The first-order valence-electron chi connectivity index (χ1n) is 4.44. The normalized spacial score (nSPS) is 9.93. The predicted octanol–water partition coefficient (Wildman–Crippen LogP) is 1.07. The molecule has 0 saturated heterocycles. The van der Waals surface area contributed by atoms with Crippen LogP contribution < -0.4 is 16.6 Å². The Labute approximate surface area is 87.3 Å². The van der Waals surface area contributed by atoms with E-state index in [0.717, 1.165) is 0 Å². The molecule has 0 bridgehead atoms. The van der Waals surface area contributed by atoms with Gasteiger partial charge in [-0.25, -0.2) is 10.8 Å². The van der Waals surface area contributed by atoms with Gasteiger partial charge < -0.3 is 5.73 Å². The van der Waals surface area contributed by atoms with E-state index < -0.39 is 0 Å². The maximum Gasteiger partial charge on any atom is 0.147 e. The first-order chi connectivity index (χ1) is 7.29. The Kier molecular flexibility index (Phi) is 2.47. The molecule has 0 aromatic carbocycles. The van der Waals surface area contributed by atoms with Gasteiger partial charge in [-0.2, -0.15) is 0 Å². The summed E-state index contributed by atoms with van der Waals surface area (Å²) < 4.78 is 0. The molecule has 5 nitrogen and oxygen atoms in total. The van der Waals surface area contributed by atoms with Crippen LogP contribution in [0.5, 0.6) is 0 Å². The second-order valence-corrected chi connectivity index (χ2v) is 2.99. The summed E-state index contributed by atoms with van der Waals surface area (Å²) in [4.78, 5) is 8.01. The zero-order chi connectivity index (χ0) is 10.7. The predicted molar refractivity (Wildman–Crippen MR) is 59.2 cm³/mol. The Bertz CT molecular complexity index is 443. The maximum atomic E-state index is 5.88. The zero-order valence-corrected chi connectivity index (χ0v) is 8.04. The molecule has 5 heteroatoms. The van der Waals surface area contributed by atoms with Crippen molar-refractivity contribution in [1.29, 1.82) is 0 Å². The average molecular weight is 201 g/mol. The first-order valence-corrected chi connectivity index (χ1v) is 4.44. The van der Waals surface area contributed by atoms with Crippen LogP contribution in [-0.4, -0.2) is 9.97 Å². The quantitative estimate of drug-likeness (QED) is 0.561. The summed E-state index contributed by atoms with van der Waals surface area (Å²) in [7, 11) is 0. The average Bonchev–Trinajstić information content (AvgIpc) is 2.30. The lowest BCUT2D eigenvalue weighted by molar-refractivity contribution is 1.03. The van der Waals surface area contributed by atoms with Crippen LogP contribution in [0.25, 0.3) is 0 Å². The van der Waals surface area contributed by atoms with Crippen molar-refractivity contribution in [1.82, 2.24) is 9.97 Å². The number of hydrogen-bond acceptors (Lipinski definition) is 5. The van der Waals surface area contributed by atoms with Crippen molar-refractivity contribution in [2.45, 2.75) is 0 Å². The summed E-state index contributed by atoms with van der Waals surface area (Å²) in [6, 6.07) is 7.23. The molecule has 15 heavy (non-hydrogen) atoms. The van der Waals surface area contributed by atoms with Gasteiger partial charge in [-0.3, -0.25) is 9.99 Å². The second-order valence-electron chi connectivity index (χ2n) is 2.99. The minimum Gasteiger partial charge on any atom is -0.396 e. The highest BCUT2D eigenvalue weighted by molar-refractivity contribution is 5.70. The third kappa shape index (κ3) is 1.87. The summed E-state index contributed by atoms with van der Waals surface area (Å²) in [6.45, 7) is 0. The van der Waals surface area contributed by atoms with Gasteiger partial charge in [0.2, 0.25) is 0 Å². The number of pyridine rings is 2. The number of nitrogens with zero attached hydrogens (tertiary/aromatic N) is 3. The van der Waals surface area contributed by atoms with E-state index in [2.05, 4.69) is 9.97 Å². The molecule has 0 unspecified atom stereocenters. The fraction of sp³-hybridized carbons (Fsp3) is 0. The van der Waals surface area contributed by atoms with Crippen LogP contribution >= 0.6 is 0 Å². The number of nitrogens with two attached hydrogens (primary N) is 2. The van der Waals surface area contributed by atoms with E-state index in [1.165, 1.54) is 5.01 Å². The van der Waals surface area contributed by atoms with Gasteiger partial charge in [0.25, 0.3) is 0 Å². The Hall–Kier alpha value is -2.14. The van der Waals surface area contributed by atoms with Gasteiger partial charge in [0.1, 0.15) is 5.82 Å². The monoisotopic (exact) mass is 201 g/mol. The molecule has 0 saturated carbocycles. The molecule has 0 aliphatic heterocycles. The van der Waals surface area contributed by atoms with Gasteiger partial charge in [-0.15, -0.1) is 0 Å². The van der Waals surface area contributed by atoms with Crippen molar-refractivity contribution in [2.24, 2.45) is 5.84 Å². The van der Waals surface area contributed by atoms with Crippen LogP contribution in [0.3, 0.4) is 0 Å². The molecule has 2 aromatic heterocycles. The van der Waals surface area contributed by atoms with Crippen molar-refractivity contribution in [3.8, 4) is 0 Å². The van der Waals surface area contributed by atoms with E-state index in [4.69, 9.17) is 11.6 Å². The van der Waals surface area contributed by atoms with Gasteiger partial charge in [0.15, 0.2) is 0 Å². The highest BCUT2D eigenvalue weighted by Gasteiger charge is 2.07. The van der Waals surface area contributed by atoms with Gasteiger partial charge in [0.05, 0.1) is 17.6 Å². The fourth-order valence-electron chi connectivity index (χ4n) is 1.24. The van der Waals surface area contributed by atoms with E-state index in [1.54, 1.807) is 30.7 Å². The number of hydrogen-bond donors (Lipinski definition) is 2. The van der Waals surface area contributed by atoms with E-state index in [9.17, 15) is 0 Å². The number of hydrazine groups is 1. The molecule has 0 amide bonds. The summed E-state index contributed by atoms with van der Waals surface area (Å²) in [5, 5.41) is 1.43. The van der Waals surface area contributed by atoms with Crippen molar-refractivity contribution in [3.63, 3.8) is 0 Å². The second kappa shape index (κ2) is 3.93. The lowest BCUT2D eigenvalue weighted by Gasteiger charge is -2.18. The van der Waals surface area contributed by atoms with Gasteiger partial charge in [0, 0.05) is 12.4 Å². The Morgan fingerprint density at radius 1 is 1.13 bits per heavy atom. The lowest BCUT2D eigenvalue weighted by Crippen LogP contribution is -2.26. The highest BCUT2D eigenvalue weighted by atomic mass is 15.4. The SMILES string of the molecule is Nc1cnccc1N(N)c1ccccn1. The van der Waals surface area contributed by atoms with E-state index in [1.807, 2.05) is 12.1 Å².